The summed E-state index contributed by atoms with van der Waals surface area (Å²) in [5.41, 5.74) is 1.82. The van der Waals surface area contributed by atoms with Crippen LogP contribution < -0.4 is 0 Å². The second-order valence-electron chi connectivity index (χ2n) is 3.10. The minimum absolute atomic E-state index is 0.703. The van der Waals surface area contributed by atoms with Crippen LogP contribution in [0.1, 0.15) is 10.6 Å². The molecule has 0 aliphatic heterocycles. The van der Waals surface area contributed by atoms with Gasteiger partial charge in [-0.2, -0.15) is 0 Å². The summed E-state index contributed by atoms with van der Waals surface area (Å²) >= 11 is 1.55. The maximum atomic E-state index is 4.27. The Kier molecular flexibility index (Phi) is 2.87. The molecule has 1 aromatic carbocycles. The topological polar surface area (TPSA) is 37.6 Å². The summed E-state index contributed by atoms with van der Waals surface area (Å²) in [6.45, 7) is 4.00. The van der Waals surface area contributed by atoms with Gasteiger partial charge in [0.05, 0.1) is 11.4 Å². The molecule has 15 heavy (non-hydrogen) atoms. The van der Waals surface area contributed by atoms with Crippen molar-refractivity contribution in [3.8, 4) is 0 Å². The van der Waals surface area contributed by atoms with Crippen molar-refractivity contribution < 1.29 is 0 Å². The van der Waals surface area contributed by atoms with Gasteiger partial charge < -0.3 is 0 Å². The average molecular weight is 216 g/mol. The van der Waals surface area contributed by atoms with Crippen LogP contribution in [0.15, 0.2) is 34.5 Å². The van der Waals surface area contributed by atoms with Crippen molar-refractivity contribution in [3.05, 3.63) is 40.9 Å². The van der Waals surface area contributed by atoms with Crippen molar-refractivity contribution in [2.24, 2.45) is 10.2 Å². The summed E-state index contributed by atoms with van der Waals surface area (Å²) in [4.78, 5) is 5.46. The molecular formula is C11H10N3S. The van der Waals surface area contributed by atoms with Crippen molar-refractivity contribution in [2.45, 2.75) is 13.8 Å². The standard InChI is InChI=1S/C11H10N3S/c1-8-9(2)15-11(12-8)14-13-10-6-4-3-5-7-10/h3-4,6-7H,1-2H3. The highest BCUT2D eigenvalue weighted by Gasteiger charge is 2.01. The lowest BCUT2D eigenvalue weighted by Gasteiger charge is -1.87. The molecule has 0 N–H and O–H groups in total. The van der Waals surface area contributed by atoms with E-state index in [-0.39, 0.29) is 0 Å². The second-order valence-corrected chi connectivity index (χ2v) is 4.28. The zero-order chi connectivity index (χ0) is 10.7. The van der Waals surface area contributed by atoms with Gasteiger partial charge in [-0.1, -0.05) is 23.5 Å². The van der Waals surface area contributed by atoms with Gasteiger partial charge in [-0.3, -0.25) is 0 Å². The number of rotatable bonds is 2. The van der Waals surface area contributed by atoms with Crippen molar-refractivity contribution in [3.63, 3.8) is 0 Å². The van der Waals surface area contributed by atoms with E-state index in [4.69, 9.17) is 0 Å². The average Bonchev–Trinajstić information content (AvgIpc) is 2.57. The highest BCUT2D eigenvalue weighted by molar-refractivity contribution is 7.15. The molecule has 2 rings (SSSR count). The predicted octanol–water partition coefficient (Wildman–Crippen LogP) is 3.98. The number of nitrogens with zero attached hydrogens (tertiary/aromatic N) is 3. The number of azo groups is 1. The van der Waals surface area contributed by atoms with E-state index in [2.05, 4.69) is 21.3 Å². The Morgan fingerprint density at radius 3 is 2.80 bits per heavy atom. The van der Waals surface area contributed by atoms with E-state index in [1.54, 1.807) is 17.4 Å². The largest absolute Gasteiger partial charge is 0.230 e. The first-order valence-electron chi connectivity index (χ1n) is 4.57. The van der Waals surface area contributed by atoms with Crippen LogP contribution in [0.4, 0.5) is 10.8 Å². The first kappa shape index (κ1) is 9.98. The fourth-order valence-electron chi connectivity index (χ4n) is 1.05. The van der Waals surface area contributed by atoms with Gasteiger partial charge in [-0.25, -0.2) is 4.98 Å². The van der Waals surface area contributed by atoms with E-state index in [1.165, 1.54) is 4.88 Å². The Labute approximate surface area is 92.5 Å². The first-order chi connectivity index (χ1) is 7.25. The molecule has 2 aromatic rings. The molecule has 0 bridgehead atoms. The van der Waals surface area contributed by atoms with E-state index in [9.17, 15) is 0 Å². The van der Waals surface area contributed by atoms with Crippen LogP contribution >= 0.6 is 11.3 Å². The van der Waals surface area contributed by atoms with Gasteiger partial charge in [-0.05, 0) is 32.0 Å². The molecule has 0 atom stereocenters. The molecule has 0 unspecified atom stereocenters. The van der Waals surface area contributed by atoms with Gasteiger partial charge in [-0.15, -0.1) is 10.2 Å². The lowest BCUT2D eigenvalue weighted by molar-refractivity contribution is 1.15. The van der Waals surface area contributed by atoms with Gasteiger partial charge >= 0.3 is 0 Å². The third-order valence-electron chi connectivity index (χ3n) is 1.96. The minimum Gasteiger partial charge on any atom is -0.222 e. The summed E-state index contributed by atoms with van der Waals surface area (Å²) in [7, 11) is 0. The van der Waals surface area contributed by atoms with Gasteiger partial charge in [0.1, 0.15) is 0 Å². The number of hydrogen-bond donors (Lipinski definition) is 0. The Bertz CT molecular complexity index is 454. The molecule has 0 fully saturated rings. The third-order valence-corrected chi connectivity index (χ3v) is 2.92. The van der Waals surface area contributed by atoms with Gasteiger partial charge in [0, 0.05) is 4.88 Å². The van der Waals surface area contributed by atoms with E-state index in [0.29, 0.717) is 5.13 Å². The molecule has 0 amide bonds. The molecule has 0 aliphatic carbocycles. The summed E-state index contributed by atoms with van der Waals surface area (Å²) in [6, 6.07) is 10.3. The van der Waals surface area contributed by atoms with Gasteiger partial charge in [0.15, 0.2) is 0 Å². The number of thiazole rings is 1. The molecule has 75 valence electrons. The molecule has 1 heterocycles. The van der Waals surface area contributed by atoms with Crippen LogP contribution in [-0.2, 0) is 0 Å². The Morgan fingerprint density at radius 1 is 1.33 bits per heavy atom. The van der Waals surface area contributed by atoms with E-state index < -0.39 is 0 Å². The number of benzene rings is 1. The molecular weight excluding hydrogens is 206 g/mol. The lowest BCUT2D eigenvalue weighted by atomic mass is 10.3. The van der Waals surface area contributed by atoms with Crippen molar-refractivity contribution >= 4 is 22.2 Å². The molecule has 3 nitrogen and oxygen atoms in total. The van der Waals surface area contributed by atoms with Gasteiger partial charge in [0.2, 0.25) is 5.13 Å². The fourth-order valence-corrected chi connectivity index (χ4v) is 1.78. The molecule has 1 radical (unpaired) electrons. The zero-order valence-electron chi connectivity index (χ0n) is 8.56. The Balaban J connectivity index is 2.19. The van der Waals surface area contributed by atoms with Crippen molar-refractivity contribution in [2.75, 3.05) is 0 Å². The van der Waals surface area contributed by atoms with Crippen LogP contribution in [0.2, 0.25) is 0 Å². The minimum atomic E-state index is 0.703. The molecule has 4 heteroatoms. The fraction of sp³-hybridized carbons (Fsp3) is 0.182. The molecule has 1 aromatic heterocycles. The normalized spacial score (nSPS) is 11.1. The quantitative estimate of drug-likeness (QED) is 0.700. The lowest BCUT2D eigenvalue weighted by Crippen LogP contribution is -1.70. The number of aromatic nitrogens is 1. The highest BCUT2D eigenvalue weighted by Crippen LogP contribution is 2.25. The summed E-state index contributed by atoms with van der Waals surface area (Å²) < 4.78 is 0. The van der Waals surface area contributed by atoms with Gasteiger partial charge in [0.25, 0.3) is 0 Å². The molecule has 0 spiro atoms. The number of hydrogen-bond acceptors (Lipinski definition) is 4. The molecule has 0 saturated carbocycles. The zero-order valence-corrected chi connectivity index (χ0v) is 9.38. The van der Waals surface area contributed by atoms with E-state index >= 15 is 0 Å². The Morgan fingerprint density at radius 2 is 2.20 bits per heavy atom. The van der Waals surface area contributed by atoms with Crippen LogP contribution in [0, 0.1) is 19.9 Å². The molecule has 0 aliphatic rings. The van der Waals surface area contributed by atoms with E-state index in [0.717, 1.165) is 11.4 Å². The first-order valence-corrected chi connectivity index (χ1v) is 5.39. The third kappa shape index (κ3) is 2.47. The summed E-state index contributed by atoms with van der Waals surface area (Å²) in [5.74, 6) is 0. The monoisotopic (exact) mass is 216 g/mol. The SMILES string of the molecule is Cc1nc(N=Nc2c[c]ccc2)sc1C. The van der Waals surface area contributed by atoms with Crippen LogP contribution in [0.25, 0.3) is 0 Å². The van der Waals surface area contributed by atoms with Crippen molar-refractivity contribution in [1.82, 2.24) is 4.98 Å². The molecule has 0 saturated heterocycles. The Hall–Kier alpha value is -1.55. The summed E-state index contributed by atoms with van der Waals surface area (Å²) in [5, 5.41) is 8.85. The smallest absolute Gasteiger partial charge is 0.222 e. The van der Waals surface area contributed by atoms with Crippen LogP contribution in [0.3, 0.4) is 0 Å². The second kappa shape index (κ2) is 4.31. The van der Waals surface area contributed by atoms with Crippen LogP contribution in [-0.4, -0.2) is 4.98 Å². The van der Waals surface area contributed by atoms with Crippen LogP contribution in [0.5, 0.6) is 0 Å². The number of aryl methyl sites for hydroxylation is 2. The van der Waals surface area contributed by atoms with Crippen molar-refractivity contribution in [1.29, 1.82) is 0 Å². The predicted molar refractivity (Wildman–Crippen MR) is 61.0 cm³/mol. The maximum Gasteiger partial charge on any atom is 0.230 e. The summed E-state index contributed by atoms with van der Waals surface area (Å²) in [6.07, 6.45) is 0. The van der Waals surface area contributed by atoms with E-state index in [1.807, 2.05) is 32.0 Å². The maximum absolute atomic E-state index is 4.27. The highest BCUT2D eigenvalue weighted by atomic mass is 32.1.